The Labute approximate surface area is 198 Å². The van der Waals surface area contributed by atoms with Crippen LogP contribution in [0.3, 0.4) is 0 Å². The van der Waals surface area contributed by atoms with Crippen molar-refractivity contribution in [1.82, 2.24) is 14.9 Å². The molecule has 6 heteroatoms. The van der Waals surface area contributed by atoms with Crippen molar-refractivity contribution in [3.05, 3.63) is 114 Å². The summed E-state index contributed by atoms with van der Waals surface area (Å²) in [6, 6.07) is 24.7. The van der Waals surface area contributed by atoms with Gasteiger partial charge in [-0.25, -0.2) is 4.39 Å². The Kier molecular flexibility index (Phi) is 5.68. The van der Waals surface area contributed by atoms with Gasteiger partial charge >= 0.3 is 0 Å². The number of anilines is 1. The number of pyridine rings is 1. The molecular weight excluding hydrogens is 431 g/mol. The average Bonchev–Trinajstić information content (AvgIpc) is 3.44. The minimum Gasteiger partial charge on any atom is -0.351 e. The predicted molar refractivity (Wildman–Crippen MR) is 134 cm³/mol. The molecule has 0 aliphatic carbocycles. The minimum absolute atomic E-state index is 0.191. The Morgan fingerprint density at radius 1 is 0.939 bits per heavy atom. The maximum atomic E-state index is 14.8. The number of halogens is 1. The molecule has 0 amide bonds. The zero-order chi connectivity index (χ0) is 22.9. The van der Waals surface area contributed by atoms with Crippen LogP contribution in [0.5, 0.6) is 0 Å². The molecule has 0 unspecified atom stereocenters. The third-order valence-electron chi connectivity index (χ3n) is 6.13. The summed E-state index contributed by atoms with van der Waals surface area (Å²) in [6.45, 7) is 4.36. The highest BCUT2D eigenvalue weighted by Crippen LogP contribution is 2.42. The van der Waals surface area contributed by atoms with Gasteiger partial charge in [-0.05, 0) is 72.2 Å². The second-order valence-corrected chi connectivity index (χ2v) is 8.88. The molecule has 3 heterocycles. The molecule has 2 aromatic carbocycles. The number of nitrogens with zero attached hydrogens (tertiary/aromatic N) is 3. The Hall–Kier alpha value is -3.51. The number of nitrogens with one attached hydrogen (secondary N) is 1. The van der Waals surface area contributed by atoms with Crippen molar-refractivity contribution in [3.63, 3.8) is 0 Å². The number of benzene rings is 2. The number of rotatable bonds is 5. The van der Waals surface area contributed by atoms with Gasteiger partial charge in [0.15, 0.2) is 5.11 Å². The molecule has 4 nitrogen and oxygen atoms in total. The minimum atomic E-state index is -0.272. The summed E-state index contributed by atoms with van der Waals surface area (Å²) in [6.07, 6.45) is 3.68. The van der Waals surface area contributed by atoms with Crippen LogP contribution in [0, 0.1) is 5.82 Å². The number of thiocarbonyl (C=S) groups is 1. The second-order valence-electron chi connectivity index (χ2n) is 8.50. The van der Waals surface area contributed by atoms with Gasteiger partial charge in [-0.15, -0.1) is 0 Å². The van der Waals surface area contributed by atoms with E-state index in [1.807, 2.05) is 47.2 Å². The molecule has 1 fully saturated rings. The zero-order valence-electron chi connectivity index (χ0n) is 18.5. The highest BCUT2D eigenvalue weighted by Gasteiger charge is 2.42. The molecule has 166 valence electrons. The molecule has 0 radical (unpaired) electrons. The van der Waals surface area contributed by atoms with E-state index in [2.05, 4.69) is 53.3 Å². The van der Waals surface area contributed by atoms with Crippen LogP contribution in [0.15, 0.2) is 91.3 Å². The van der Waals surface area contributed by atoms with Crippen LogP contribution in [0.25, 0.3) is 5.69 Å². The summed E-state index contributed by atoms with van der Waals surface area (Å²) in [4.78, 5) is 6.73. The van der Waals surface area contributed by atoms with Gasteiger partial charge in [0.25, 0.3) is 0 Å². The van der Waals surface area contributed by atoms with Crippen molar-refractivity contribution in [2.75, 3.05) is 4.90 Å². The molecule has 33 heavy (non-hydrogen) atoms. The number of hydrogen-bond acceptors (Lipinski definition) is 2. The Bertz CT molecular complexity index is 1270. The lowest BCUT2D eigenvalue weighted by atomic mass is 9.99. The topological polar surface area (TPSA) is 33.1 Å². The molecular formula is C27H25FN4S. The van der Waals surface area contributed by atoms with Crippen molar-refractivity contribution in [1.29, 1.82) is 0 Å². The molecule has 1 aliphatic heterocycles. The fourth-order valence-corrected chi connectivity index (χ4v) is 4.80. The van der Waals surface area contributed by atoms with Crippen molar-refractivity contribution >= 4 is 23.0 Å². The highest BCUT2D eigenvalue weighted by atomic mass is 32.1. The first kappa shape index (κ1) is 21.3. The van der Waals surface area contributed by atoms with Crippen LogP contribution >= 0.6 is 12.2 Å². The third kappa shape index (κ3) is 3.91. The molecule has 1 aliphatic rings. The first-order valence-electron chi connectivity index (χ1n) is 11.1. The predicted octanol–water partition coefficient (Wildman–Crippen LogP) is 6.31. The monoisotopic (exact) mass is 456 g/mol. The fourth-order valence-electron chi connectivity index (χ4n) is 4.45. The van der Waals surface area contributed by atoms with E-state index in [4.69, 9.17) is 12.2 Å². The smallest absolute Gasteiger partial charge is 0.174 e. The van der Waals surface area contributed by atoms with Gasteiger partial charge in [-0.2, -0.15) is 0 Å². The number of hydrogen-bond donors (Lipinski definition) is 1. The molecule has 2 aromatic heterocycles. The first-order valence-corrected chi connectivity index (χ1v) is 11.5. The quantitative estimate of drug-likeness (QED) is 0.357. The average molecular weight is 457 g/mol. The molecule has 0 spiro atoms. The van der Waals surface area contributed by atoms with Crippen LogP contribution < -0.4 is 10.2 Å². The molecule has 1 N–H and O–H groups in total. The Morgan fingerprint density at radius 3 is 2.39 bits per heavy atom. The number of aromatic nitrogens is 2. The van der Waals surface area contributed by atoms with Gasteiger partial charge in [0.2, 0.25) is 0 Å². The van der Waals surface area contributed by atoms with Crippen LogP contribution in [0.1, 0.15) is 48.8 Å². The lowest BCUT2D eigenvalue weighted by Crippen LogP contribution is -2.30. The molecule has 1 saturated heterocycles. The van der Waals surface area contributed by atoms with Crippen molar-refractivity contribution < 1.29 is 4.39 Å². The molecule has 0 saturated carbocycles. The van der Waals surface area contributed by atoms with Gasteiger partial charge < -0.3 is 14.8 Å². The van der Waals surface area contributed by atoms with Crippen LogP contribution in [-0.4, -0.2) is 14.7 Å². The summed E-state index contributed by atoms with van der Waals surface area (Å²) < 4.78 is 16.7. The highest BCUT2D eigenvalue weighted by molar-refractivity contribution is 7.80. The van der Waals surface area contributed by atoms with E-state index in [9.17, 15) is 4.39 Å². The SMILES string of the molecule is CC(C)c1ccc(N2C(=S)N[C@@H](c3ccccn3)[C@@H]2c2cccn2-c2ccccc2F)cc1. The molecule has 0 bridgehead atoms. The standard InChI is InChI=1S/C27H25FN4S/c1-18(2)19-12-14-20(15-13-19)32-26(25(30-27(32)33)22-9-5-6-16-29-22)24-11-7-17-31(24)23-10-4-3-8-21(23)28/h3-18,25-26H,1-2H3,(H,30,33)/t25-,26-/m0/s1. The normalized spacial score (nSPS) is 18.1. The third-order valence-corrected chi connectivity index (χ3v) is 6.45. The van der Waals surface area contributed by atoms with Crippen molar-refractivity contribution in [2.24, 2.45) is 0 Å². The molecule has 2 atom stereocenters. The molecule has 5 rings (SSSR count). The summed E-state index contributed by atoms with van der Waals surface area (Å²) in [7, 11) is 0. The second kappa shape index (κ2) is 8.79. The van der Waals surface area contributed by atoms with E-state index in [0.717, 1.165) is 17.1 Å². The summed E-state index contributed by atoms with van der Waals surface area (Å²) in [5.74, 6) is 0.170. The lowest BCUT2D eigenvalue weighted by Gasteiger charge is -2.29. The van der Waals surface area contributed by atoms with Gasteiger partial charge in [0, 0.05) is 23.8 Å². The number of para-hydroxylation sites is 1. The van der Waals surface area contributed by atoms with Crippen molar-refractivity contribution in [3.8, 4) is 5.69 Å². The summed E-state index contributed by atoms with van der Waals surface area (Å²) in [5.41, 5.74) is 4.57. The summed E-state index contributed by atoms with van der Waals surface area (Å²) in [5, 5.41) is 4.10. The van der Waals surface area contributed by atoms with E-state index in [1.165, 1.54) is 11.6 Å². The zero-order valence-corrected chi connectivity index (χ0v) is 19.3. The van der Waals surface area contributed by atoms with Gasteiger partial charge in [0.1, 0.15) is 11.9 Å². The molecule has 4 aromatic rings. The van der Waals surface area contributed by atoms with Crippen molar-refractivity contribution in [2.45, 2.75) is 31.8 Å². The maximum absolute atomic E-state index is 14.8. The van der Waals surface area contributed by atoms with E-state index in [0.29, 0.717) is 16.7 Å². The Balaban J connectivity index is 1.65. The lowest BCUT2D eigenvalue weighted by molar-refractivity contribution is 0.544. The Morgan fingerprint density at radius 2 is 1.70 bits per heavy atom. The van der Waals surface area contributed by atoms with Gasteiger partial charge in [-0.1, -0.05) is 44.2 Å². The van der Waals surface area contributed by atoms with Crippen LogP contribution in [0.2, 0.25) is 0 Å². The van der Waals surface area contributed by atoms with Gasteiger partial charge in [0.05, 0.1) is 17.4 Å². The first-order chi connectivity index (χ1) is 16.0. The maximum Gasteiger partial charge on any atom is 0.174 e. The van der Waals surface area contributed by atoms with E-state index in [1.54, 1.807) is 18.3 Å². The van der Waals surface area contributed by atoms with Crippen LogP contribution in [-0.2, 0) is 0 Å². The van der Waals surface area contributed by atoms with E-state index >= 15 is 0 Å². The van der Waals surface area contributed by atoms with E-state index < -0.39 is 0 Å². The largest absolute Gasteiger partial charge is 0.351 e. The van der Waals surface area contributed by atoms with Gasteiger partial charge in [-0.3, -0.25) is 4.98 Å². The summed E-state index contributed by atoms with van der Waals surface area (Å²) >= 11 is 5.82. The fraction of sp³-hybridized carbons (Fsp3) is 0.185. The van der Waals surface area contributed by atoms with E-state index in [-0.39, 0.29) is 17.9 Å². The van der Waals surface area contributed by atoms with Crippen LogP contribution in [0.4, 0.5) is 10.1 Å².